The zero-order chi connectivity index (χ0) is 10.5. The smallest absolute Gasteiger partial charge is 0.125 e. The Morgan fingerprint density at radius 1 is 1.40 bits per heavy atom. The number of imidazole rings is 1. The minimum absolute atomic E-state index is 0.589. The lowest BCUT2D eigenvalue weighted by Gasteiger charge is -2.05. The minimum Gasteiger partial charge on any atom is -0.377 e. The van der Waals surface area contributed by atoms with Gasteiger partial charge in [-0.1, -0.05) is 12.1 Å². The summed E-state index contributed by atoms with van der Waals surface area (Å²) >= 11 is 0. The summed E-state index contributed by atoms with van der Waals surface area (Å²) in [5.41, 5.74) is 1.47. The standard InChI is InChI=1S/C11H10N4/c12-7-9-3-1-2-4-10(9)15-8-11-13-5-6-14-11/h1-6,15H,8H2,(H,13,14). The van der Waals surface area contributed by atoms with Crippen LogP contribution in [0.2, 0.25) is 0 Å². The number of benzene rings is 1. The van der Waals surface area contributed by atoms with Gasteiger partial charge in [-0.2, -0.15) is 5.26 Å². The van der Waals surface area contributed by atoms with Crippen LogP contribution in [0.5, 0.6) is 0 Å². The molecule has 0 aliphatic carbocycles. The fourth-order valence-corrected chi connectivity index (χ4v) is 1.31. The zero-order valence-corrected chi connectivity index (χ0v) is 8.07. The first kappa shape index (κ1) is 9.28. The SMILES string of the molecule is N#Cc1ccccc1NCc1ncc[nH]1. The molecule has 0 aliphatic rings. The summed E-state index contributed by atoms with van der Waals surface area (Å²) in [7, 11) is 0. The fraction of sp³-hybridized carbons (Fsp3) is 0.0909. The summed E-state index contributed by atoms with van der Waals surface area (Å²) in [4.78, 5) is 7.07. The number of para-hydroxylation sites is 1. The number of hydrogen-bond donors (Lipinski definition) is 2. The summed E-state index contributed by atoms with van der Waals surface area (Å²) in [6.07, 6.45) is 3.47. The van der Waals surface area contributed by atoms with Crippen molar-refractivity contribution < 1.29 is 0 Å². The van der Waals surface area contributed by atoms with Crippen LogP contribution >= 0.6 is 0 Å². The number of rotatable bonds is 3. The van der Waals surface area contributed by atoms with E-state index >= 15 is 0 Å². The Morgan fingerprint density at radius 2 is 2.27 bits per heavy atom. The van der Waals surface area contributed by atoms with E-state index in [4.69, 9.17) is 5.26 Å². The molecule has 0 aliphatic heterocycles. The highest BCUT2D eigenvalue weighted by atomic mass is 15.0. The van der Waals surface area contributed by atoms with E-state index in [1.165, 1.54) is 0 Å². The Bertz CT molecular complexity index is 468. The Morgan fingerprint density at radius 3 is 3.00 bits per heavy atom. The van der Waals surface area contributed by atoms with E-state index in [9.17, 15) is 0 Å². The number of nitrogens with zero attached hydrogens (tertiary/aromatic N) is 2. The molecule has 4 nitrogen and oxygen atoms in total. The van der Waals surface area contributed by atoms with Gasteiger partial charge < -0.3 is 10.3 Å². The van der Waals surface area contributed by atoms with Crippen molar-refractivity contribution >= 4 is 5.69 Å². The summed E-state index contributed by atoms with van der Waals surface area (Å²) in [6.45, 7) is 0.589. The molecule has 0 radical (unpaired) electrons. The Hall–Kier alpha value is -2.28. The molecule has 74 valence electrons. The van der Waals surface area contributed by atoms with Crippen LogP contribution in [-0.4, -0.2) is 9.97 Å². The first-order valence-corrected chi connectivity index (χ1v) is 4.61. The molecule has 15 heavy (non-hydrogen) atoms. The number of nitrogens with one attached hydrogen (secondary N) is 2. The van der Waals surface area contributed by atoms with E-state index in [1.54, 1.807) is 18.5 Å². The molecule has 0 amide bonds. The van der Waals surface area contributed by atoms with Crippen LogP contribution in [0.1, 0.15) is 11.4 Å². The average Bonchev–Trinajstić information content (AvgIpc) is 2.79. The van der Waals surface area contributed by atoms with E-state index < -0.39 is 0 Å². The lowest BCUT2D eigenvalue weighted by molar-refractivity contribution is 0.999. The van der Waals surface area contributed by atoms with Gasteiger partial charge in [-0.3, -0.25) is 0 Å². The molecule has 1 aromatic carbocycles. The maximum atomic E-state index is 8.86. The second kappa shape index (κ2) is 4.29. The second-order valence-corrected chi connectivity index (χ2v) is 3.05. The van der Waals surface area contributed by atoms with Gasteiger partial charge in [0.25, 0.3) is 0 Å². The third-order valence-corrected chi connectivity index (χ3v) is 2.05. The van der Waals surface area contributed by atoms with Crippen molar-refractivity contribution in [1.82, 2.24) is 9.97 Å². The number of anilines is 1. The summed E-state index contributed by atoms with van der Waals surface area (Å²) in [5.74, 6) is 0.850. The van der Waals surface area contributed by atoms with Gasteiger partial charge in [0.2, 0.25) is 0 Å². The van der Waals surface area contributed by atoms with Gasteiger partial charge in [0.05, 0.1) is 17.8 Å². The van der Waals surface area contributed by atoms with Gasteiger partial charge in [0.1, 0.15) is 11.9 Å². The Labute approximate surface area is 87.6 Å². The van der Waals surface area contributed by atoms with Crippen molar-refractivity contribution in [3.8, 4) is 6.07 Å². The monoisotopic (exact) mass is 198 g/mol. The summed E-state index contributed by atoms with van der Waals surface area (Å²) in [6, 6.07) is 9.53. The van der Waals surface area contributed by atoms with Crippen LogP contribution in [0.3, 0.4) is 0 Å². The summed E-state index contributed by atoms with van der Waals surface area (Å²) < 4.78 is 0. The van der Waals surface area contributed by atoms with Crippen molar-refractivity contribution in [2.24, 2.45) is 0 Å². The molecule has 1 heterocycles. The number of hydrogen-bond acceptors (Lipinski definition) is 3. The van der Waals surface area contributed by atoms with Gasteiger partial charge in [0.15, 0.2) is 0 Å². The number of aromatic amines is 1. The molecule has 0 unspecified atom stereocenters. The topological polar surface area (TPSA) is 64.5 Å². The van der Waals surface area contributed by atoms with Crippen molar-refractivity contribution in [3.05, 3.63) is 48.0 Å². The predicted molar refractivity (Wildman–Crippen MR) is 57.1 cm³/mol. The van der Waals surface area contributed by atoms with Gasteiger partial charge in [-0.15, -0.1) is 0 Å². The highest BCUT2D eigenvalue weighted by Gasteiger charge is 2.00. The molecule has 4 heteroatoms. The van der Waals surface area contributed by atoms with E-state index in [1.807, 2.05) is 18.2 Å². The summed E-state index contributed by atoms with van der Waals surface area (Å²) in [5, 5.41) is 12.0. The van der Waals surface area contributed by atoms with Crippen LogP contribution in [0.4, 0.5) is 5.69 Å². The third kappa shape index (κ3) is 2.15. The molecule has 0 atom stereocenters. The molecule has 0 saturated carbocycles. The molecule has 0 fully saturated rings. The lowest BCUT2D eigenvalue weighted by Crippen LogP contribution is -2.02. The average molecular weight is 198 g/mol. The van der Waals surface area contributed by atoms with Crippen LogP contribution in [0, 0.1) is 11.3 Å². The van der Waals surface area contributed by atoms with Gasteiger partial charge in [-0.05, 0) is 12.1 Å². The molecule has 0 spiro atoms. The number of nitriles is 1. The van der Waals surface area contributed by atoms with E-state index in [0.717, 1.165) is 11.5 Å². The number of H-pyrrole nitrogens is 1. The quantitative estimate of drug-likeness (QED) is 0.791. The third-order valence-electron chi connectivity index (χ3n) is 2.05. The van der Waals surface area contributed by atoms with Gasteiger partial charge >= 0.3 is 0 Å². The molecule has 2 aromatic rings. The number of aromatic nitrogens is 2. The van der Waals surface area contributed by atoms with Crippen molar-refractivity contribution in [1.29, 1.82) is 5.26 Å². The minimum atomic E-state index is 0.589. The molecule has 0 saturated heterocycles. The van der Waals surface area contributed by atoms with Gasteiger partial charge in [-0.25, -0.2) is 4.98 Å². The highest BCUT2D eigenvalue weighted by molar-refractivity contribution is 5.56. The second-order valence-electron chi connectivity index (χ2n) is 3.05. The van der Waals surface area contributed by atoms with E-state index in [-0.39, 0.29) is 0 Å². The molecule has 2 rings (SSSR count). The van der Waals surface area contributed by atoms with Crippen LogP contribution < -0.4 is 5.32 Å². The van der Waals surface area contributed by atoms with Crippen molar-refractivity contribution in [3.63, 3.8) is 0 Å². The van der Waals surface area contributed by atoms with E-state index in [2.05, 4.69) is 21.4 Å². The first-order chi connectivity index (χ1) is 7.40. The lowest BCUT2D eigenvalue weighted by atomic mass is 10.2. The predicted octanol–water partition coefficient (Wildman–Crippen LogP) is 1.89. The largest absolute Gasteiger partial charge is 0.377 e. The Kier molecular flexibility index (Phi) is 2.65. The highest BCUT2D eigenvalue weighted by Crippen LogP contribution is 2.13. The van der Waals surface area contributed by atoms with Crippen LogP contribution in [0.25, 0.3) is 0 Å². The zero-order valence-electron chi connectivity index (χ0n) is 8.07. The van der Waals surface area contributed by atoms with Gasteiger partial charge in [0, 0.05) is 12.4 Å². The van der Waals surface area contributed by atoms with Crippen molar-refractivity contribution in [2.75, 3.05) is 5.32 Å². The molecular weight excluding hydrogens is 188 g/mol. The molecular formula is C11H10N4. The fourth-order valence-electron chi connectivity index (χ4n) is 1.31. The van der Waals surface area contributed by atoms with Crippen LogP contribution in [0.15, 0.2) is 36.7 Å². The normalized spacial score (nSPS) is 9.53. The van der Waals surface area contributed by atoms with Crippen LogP contribution in [-0.2, 0) is 6.54 Å². The molecule has 0 bridgehead atoms. The van der Waals surface area contributed by atoms with Crippen molar-refractivity contribution in [2.45, 2.75) is 6.54 Å². The van der Waals surface area contributed by atoms with E-state index in [0.29, 0.717) is 12.1 Å². The maximum Gasteiger partial charge on any atom is 0.125 e. The first-order valence-electron chi connectivity index (χ1n) is 4.61. The molecule has 1 aromatic heterocycles. The molecule has 2 N–H and O–H groups in total. The Balaban J connectivity index is 2.08. The maximum absolute atomic E-state index is 8.86.